The summed E-state index contributed by atoms with van der Waals surface area (Å²) in [4.78, 5) is 14.8. The molecule has 256 valence electrons. The highest BCUT2D eigenvalue weighted by atomic mass is 16.3. The molecular formula is C51H31N3O. The Balaban J connectivity index is 1.05. The molecule has 55 heavy (non-hydrogen) atoms. The van der Waals surface area contributed by atoms with Gasteiger partial charge < -0.3 is 4.42 Å². The van der Waals surface area contributed by atoms with E-state index in [1.165, 1.54) is 32.3 Å². The van der Waals surface area contributed by atoms with Crippen molar-refractivity contribution in [1.29, 1.82) is 0 Å². The lowest BCUT2D eigenvalue weighted by molar-refractivity contribution is 0.670. The van der Waals surface area contributed by atoms with E-state index in [9.17, 15) is 0 Å². The van der Waals surface area contributed by atoms with Gasteiger partial charge in [0.05, 0.1) is 0 Å². The van der Waals surface area contributed by atoms with Gasteiger partial charge in [-0.1, -0.05) is 170 Å². The van der Waals surface area contributed by atoms with Gasteiger partial charge in [-0.05, 0) is 67.2 Å². The predicted octanol–water partition coefficient (Wildman–Crippen LogP) is 13.6. The first-order valence-electron chi connectivity index (χ1n) is 18.5. The molecule has 0 aliphatic carbocycles. The third-order valence-corrected chi connectivity index (χ3v) is 10.7. The van der Waals surface area contributed by atoms with Crippen LogP contribution in [-0.2, 0) is 0 Å². The Morgan fingerprint density at radius 3 is 1.29 bits per heavy atom. The first-order chi connectivity index (χ1) is 27.3. The molecule has 11 rings (SSSR count). The zero-order chi connectivity index (χ0) is 36.3. The van der Waals surface area contributed by atoms with Gasteiger partial charge in [0.1, 0.15) is 11.2 Å². The summed E-state index contributed by atoms with van der Waals surface area (Å²) in [7, 11) is 0. The van der Waals surface area contributed by atoms with Crippen LogP contribution in [0.4, 0.5) is 0 Å². The summed E-state index contributed by atoms with van der Waals surface area (Å²) in [5, 5.41) is 9.73. The van der Waals surface area contributed by atoms with E-state index < -0.39 is 0 Å². The number of hydrogen-bond donors (Lipinski definition) is 0. The van der Waals surface area contributed by atoms with Crippen molar-refractivity contribution >= 4 is 54.3 Å². The van der Waals surface area contributed by atoms with Crippen molar-refractivity contribution in [3.05, 3.63) is 188 Å². The van der Waals surface area contributed by atoms with Crippen LogP contribution in [0, 0.1) is 0 Å². The van der Waals surface area contributed by atoms with Crippen LogP contribution < -0.4 is 0 Å². The van der Waals surface area contributed by atoms with E-state index in [1.807, 2.05) is 66.7 Å². The number of fused-ring (bicyclic) bond motifs is 9. The second-order valence-corrected chi connectivity index (χ2v) is 13.9. The van der Waals surface area contributed by atoms with Crippen molar-refractivity contribution in [2.24, 2.45) is 0 Å². The van der Waals surface area contributed by atoms with Crippen molar-refractivity contribution in [3.8, 4) is 56.4 Å². The van der Waals surface area contributed by atoms with Crippen LogP contribution in [0.2, 0.25) is 0 Å². The van der Waals surface area contributed by atoms with Crippen molar-refractivity contribution in [3.63, 3.8) is 0 Å². The van der Waals surface area contributed by atoms with Gasteiger partial charge in [0, 0.05) is 33.0 Å². The molecule has 0 atom stereocenters. The van der Waals surface area contributed by atoms with Gasteiger partial charge in [-0.15, -0.1) is 0 Å². The number of aromatic nitrogens is 3. The number of para-hydroxylation sites is 1. The first kappa shape index (κ1) is 31.1. The average molecular weight is 702 g/mol. The fourth-order valence-electron chi connectivity index (χ4n) is 8.11. The summed E-state index contributed by atoms with van der Waals surface area (Å²) < 4.78 is 6.75. The van der Waals surface area contributed by atoms with E-state index in [4.69, 9.17) is 19.4 Å². The van der Waals surface area contributed by atoms with Crippen LogP contribution >= 0.6 is 0 Å². The zero-order valence-corrected chi connectivity index (χ0v) is 29.6. The standard InChI is InChI=1S/C51H31N3O/c1-3-13-33(14-4-1)49-52-50(34-15-5-2-6-16-34)54-51(53-49)35-25-23-32(24-26-35)37-29-30-38(48-47(37)44-21-11-12-22-46(44)55-48)36-27-28-43-41-19-8-7-17-39(41)40-18-9-10-20-42(40)45(43)31-36/h1-31H. The maximum Gasteiger partial charge on any atom is 0.164 e. The minimum atomic E-state index is 0.630. The number of rotatable bonds is 5. The third-order valence-electron chi connectivity index (χ3n) is 10.7. The summed E-state index contributed by atoms with van der Waals surface area (Å²) in [5.74, 6) is 1.92. The molecule has 4 heteroatoms. The lowest BCUT2D eigenvalue weighted by atomic mass is 9.90. The molecule has 9 aromatic carbocycles. The van der Waals surface area contributed by atoms with Crippen LogP contribution in [0.15, 0.2) is 192 Å². The van der Waals surface area contributed by atoms with Crippen molar-refractivity contribution in [2.45, 2.75) is 0 Å². The molecular weight excluding hydrogens is 671 g/mol. The molecule has 0 unspecified atom stereocenters. The third kappa shape index (κ3) is 5.19. The molecule has 2 aromatic heterocycles. The minimum absolute atomic E-state index is 0.630. The largest absolute Gasteiger partial charge is 0.455 e. The second-order valence-electron chi connectivity index (χ2n) is 13.9. The molecule has 0 N–H and O–H groups in total. The van der Waals surface area contributed by atoms with E-state index in [0.717, 1.165) is 60.9 Å². The van der Waals surface area contributed by atoms with Gasteiger partial charge in [-0.2, -0.15) is 0 Å². The number of benzene rings is 9. The topological polar surface area (TPSA) is 51.8 Å². The van der Waals surface area contributed by atoms with Gasteiger partial charge in [-0.25, -0.2) is 15.0 Å². The highest BCUT2D eigenvalue weighted by Gasteiger charge is 2.19. The van der Waals surface area contributed by atoms with Crippen LogP contribution in [0.1, 0.15) is 0 Å². The molecule has 0 spiro atoms. The van der Waals surface area contributed by atoms with E-state index in [0.29, 0.717) is 17.5 Å². The van der Waals surface area contributed by atoms with Crippen LogP contribution in [0.5, 0.6) is 0 Å². The van der Waals surface area contributed by atoms with Crippen LogP contribution in [0.3, 0.4) is 0 Å². The lowest BCUT2D eigenvalue weighted by Gasteiger charge is -2.13. The van der Waals surface area contributed by atoms with Crippen molar-refractivity contribution in [2.75, 3.05) is 0 Å². The average Bonchev–Trinajstić information content (AvgIpc) is 3.66. The molecule has 0 saturated heterocycles. The van der Waals surface area contributed by atoms with Gasteiger partial charge in [0.2, 0.25) is 0 Å². The SMILES string of the molecule is c1ccc(-c2nc(-c3ccccc3)nc(-c3ccc(-c4ccc(-c5ccc6c7ccccc7c7ccccc7c6c5)c5oc6ccccc6c45)cc3)n2)cc1. The highest BCUT2D eigenvalue weighted by molar-refractivity contribution is 6.26. The summed E-state index contributed by atoms with van der Waals surface area (Å²) in [6, 6.07) is 65.7. The van der Waals surface area contributed by atoms with Gasteiger partial charge in [0.15, 0.2) is 17.5 Å². The Morgan fingerprint density at radius 2 is 0.709 bits per heavy atom. The van der Waals surface area contributed by atoms with Gasteiger partial charge in [0.25, 0.3) is 0 Å². The highest BCUT2D eigenvalue weighted by Crippen LogP contribution is 2.44. The second kappa shape index (κ2) is 12.6. The van der Waals surface area contributed by atoms with Crippen molar-refractivity contribution < 1.29 is 4.42 Å². The van der Waals surface area contributed by atoms with Crippen LogP contribution in [0.25, 0.3) is 111 Å². The molecule has 4 nitrogen and oxygen atoms in total. The van der Waals surface area contributed by atoms with E-state index >= 15 is 0 Å². The number of hydrogen-bond acceptors (Lipinski definition) is 4. The number of nitrogens with zero attached hydrogens (tertiary/aromatic N) is 3. The molecule has 0 aliphatic heterocycles. The van der Waals surface area contributed by atoms with Gasteiger partial charge in [-0.3, -0.25) is 0 Å². The summed E-state index contributed by atoms with van der Waals surface area (Å²) in [5.41, 5.74) is 8.94. The van der Waals surface area contributed by atoms with Crippen LogP contribution in [-0.4, -0.2) is 15.0 Å². The summed E-state index contributed by atoms with van der Waals surface area (Å²) in [6.07, 6.45) is 0. The van der Waals surface area contributed by atoms with E-state index in [2.05, 4.69) is 121 Å². The predicted molar refractivity (Wildman–Crippen MR) is 227 cm³/mol. The Morgan fingerprint density at radius 1 is 0.291 bits per heavy atom. The molecule has 2 heterocycles. The normalized spacial score (nSPS) is 11.6. The molecule has 0 radical (unpaired) electrons. The maximum absolute atomic E-state index is 6.75. The molecule has 0 bridgehead atoms. The van der Waals surface area contributed by atoms with E-state index in [1.54, 1.807) is 0 Å². The molecule has 0 fully saturated rings. The Labute approximate surface area is 317 Å². The van der Waals surface area contributed by atoms with Gasteiger partial charge >= 0.3 is 0 Å². The molecule has 0 saturated carbocycles. The minimum Gasteiger partial charge on any atom is -0.455 e. The Hall–Kier alpha value is -7.43. The number of furan rings is 1. The molecule has 0 aliphatic rings. The molecule has 11 aromatic rings. The quantitative estimate of drug-likeness (QED) is 0.168. The Kier molecular flexibility index (Phi) is 7.14. The Bertz CT molecular complexity index is 3150. The summed E-state index contributed by atoms with van der Waals surface area (Å²) in [6.45, 7) is 0. The zero-order valence-electron chi connectivity index (χ0n) is 29.6. The smallest absolute Gasteiger partial charge is 0.164 e. The fourth-order valence-corrected chi connectivity index (χ4v) is 8.11. The van der Waals surface area contributed by atoms with E-state index in [-0.39, 0.29) is 0 Å². The first-order valence-corrected chi connectivity index (χ1v) is 18.5. The molecule has 0 amide bonds. The lowest BCUT2D eigenvalue weighted by Crippen LogP contribution is -2.00. The summed E-state index contributed by atoms with van der Waals surface area (Å²) >= 11 is 0. The maximum atomic E-state index is 6.75. The monoisotopic (exact) mass is 701 g/mol. The fraction of sp³-hybridized carbons (Fsp3) is 0. The van der Waals surface area contributed by atoms with Crippen molar-refractivity contribution in [1.82, 2.24) is 15.0 Å².